The summed E-state index contributed by atoms with van der Waals surface area (Å²) in [6, 6.07) is 2.44. The van der Waals surface area contributed by atoms with Gasteiger partial charge in [-0.1, -0.05) is 17.3 Å². The van der Waals surface area contributed by atoms with Gasteiger partial charge in [0.15, 0.2) is 5.01 Å². The Labute approximate surface area is 223 Å². The van der Waals surface area contributed by atoms with Crippen LogP contribution in [0.1, 0.15) is 46.0 Å². The number of carbonyl (C=O) groups is 2. The molecule has 1 saturated carbocycles. The second-order valence-electron chi connectivity index (χ2n) is 9.02. The van der Waals surface area contributed by atoms with E-state index in [4.69, 9.17) is 4.74 Å². The third-order valence-corrected chi connectivity index (χ3v) is 6.72. The number of anilines is 1. The lowest BCUT2D eigenvalue weighted by Crippen LogP contribution is -2.58. The Morgan fingerprint density at radius 2 is 1.95 bits per heavy atom. The molecule has 1 aliphatic heterocycles. The largest absolute Gasteiger partial charge is 0.494 e. The van der Waals surface area contributed by atoms with E-state index in [0.717, 1.165) is 41.3 Å². The smallest absolute Gasteiger partial charge is 0.282 e. The number of pyridine rings is 2. The topological polar surface area (TPSA) is 110 Å². The van der Waals surface area contributed by atoms with E-state index in [1.54, 1.807) is 0 Å². The number of nitrogens with one attached hydrogen (secondary N) is 1. The molecule has 4 heterocycles. The predicted molar refractivity (Wildman–Crippen MR) is 132 cm³/mol. The Morgan fingerprint density at radius 3 is 2.62 bits per heavy atom. The Balaban J connectivity index is 1.47. The average Bonchev–Trinajstić information content (AvgIpc) is 3.62. The fourth-order valence-electron chi connectivity index (χ4n) is 3.79. The first-order valence-corrected chi connectivity index (χ1v) is 12.6. The van der Waals surface area contributed by atoms with Crippen LogP contribution in [0.4, 0.5) is 22.7 Å². The van der Waals surface area contributed by atoms with Gasteiger partial charge >= 0.3 is 0 Å². The van der Waals surface area contributed by atoms with E-state index in [2.05, 4.69) is 37.3 Å². The van der Waals surface area contributed by atoms with E-state index in [-0.39, 0.29) is 39.7 Å². The van der Waals surface area contributed by atoms with Crippen LogP contribution in [0.3, 0.4) is 0 Å². The van der Waals surface area contributed by atoms with Gasteiger partial charge in [0.25, 0.3) is 18.3 Å². The van der Waals surface area contributed by atoms with Gasteiger partial charge in [0.1, 0.15) is 11.4 Å². The van der Waals surface area contributed by atoms with Crippen LogP contribution in [0.15, 0.2) is 24.5 Å². The van der Waals surface area contributed by atoms with Gasteiger partial charge in [0.2, 0.25) is 11.0 Å². The second kappa shape index (κ2) is 10.6. The van der Waals surface area contributed by atoms with Gasteiger partial charge in [-0.25, -0.2) is 17.6 Å². The van der Waals surface area contributed by atoms with Crippen LogP contribution in [-0.2, 0) is 11.2 Å². The lowest BCUT2D eigenvalue weighted by atomic mass is 9.98. The maximum absolute atomic E-state index is 13.5. The van der Waals surface area contributed by atoms with E-state index < -0.39 is 42.9 Å². The zero-order valence-corrected chi connectivity index (χ0v) is 21.2. The minimum absolute atomic E-state index is 0.0350. The van der Waals surface area contributed by atoms with Crippen molar-refractivity contribution in [1.82, 2.24) is 25.1 Å². The fourth-order valence-corrected chi connectivity index (χ4v) is 4.39. The Bertz CT molecular complexity index is 1490. The van der Waals surface area contributed by atoms with Crippen LogP contribution in [0.5, 0.6) is 5.75 Å². The molecule has 39 heavy (non-hydrogen) atoms. The third-order valence-electron chi connectivity index (χ3n) is 5.96. The monoisotopic (exact) mass is 560 g/mol. The summed E-state index contributed by atoms with van der Waals surface area (Å²) in [5.41, 5.74) is -0.219. The summed E-state index contributed by atoms with van der Waals surface area (Å²) in [5, 5.41) is 11.1. The summed E-state index contributed by atoms with van der Waals surface area (Å²) in [6.07, 6.45) is 1.13. The van der Waals surface area contributed by atoms with Crippen molar-refractivity contribution in [2.45, 2.75) is 31.6 Å². The number of halogens is 4. The maximum Gasteiger partial charge on any atom is 0.282 e. The molecule has 0 spiro atoms. The first-order chi connectivity index (χ1) is 18.6. The summed E-state index contributed by atoms with van der Waals surface area (Å²) in [7, 11) is 1.31. The summed E-state index contributed by atoms with van der Waals surface area (Å²) in [4.78, 5) is 34.6. The Kier molecular flexibility index (Phi) is 7.17. The molecule has 0 aromatic carbocycles. The molecule has 0 atom stereocenters. The van der Waals surface area contributed by atoms with Crippen molar-refractivity contribution < 1.29 is 31.9 Å². The number of nitrogens with zero attached hydrogens (tertiary/aromatic N) is 5. The summed E-state index contributed by atoms with van der Waals surface area (Å²) in [6.45, 7) is -1.38. The fraction of sp³-hybridized carbons (Fsp3) is 0.360. The molecular weight excluding hydrogens is 540 g/mol. The molecule has 0 unspecified atom stereocenters. The highest BCUT2D eigenvalue weighted by Gasteiger charge is 2.46. The standard InChI is InChI=1S/C25H20F4N6O3S/c1-38-19-10-31-18(22(26)27)8-16(19)15-6-14(7-21(36)35-11-25(28,29)12-35)30-9-17(15)23(37)32-24-34-33-20(39-24)5-4-13-2-3-13/h6,8-10,13,22H,2-3,7,11-12H2,1H3,(H,32,34,37). The first kappa shape index (κ1) is 26.5. The molecule has 2 amide bonds. The molecular formula is C25H20F4N6O3S. The number of carbonyl (C=O) groups excluding carboxylic acids is 2. The van der Waals surface area contributed by atoms with Crippen LogP contribution >= 0.6 is 11.3 Å². The van der Waals surface area contributed by atoms with Crippen molar-refractivity contribution in [2.75, 3.05) is 25.5 Å². The van der Waals surface area contributed by atoms with Crippen LogP contribution in [0.2, 0.25) is 0 Å². The van der Waals surface area contributed by atoms with Crippen molar-refractivity contribution in [3.63, 3.8) is 0 Å². The van der Waals surface area contributed by atoms with Crippen LogP contribution in [0.25, 0.3) is 11.1 Å². The normalized spacial score (nSPS) is 15.8. The van der Waals surface area contributed by atoms with E-state index in [1.165, 1.54) is 19.4 Å². The summed E-state index contributed by atoms with van der Waals surface area (Å²) in [5.74, 6) is 2.23. The van der Waals surface area contributed by atoms with Crippen molar-refractivity contribution in [3.8, 4) is 28.7 Å². The highest BCUT2D eigenvalue weighted by Crippen LogP contribution is 2.36. The second-order valence-corrected chi connectivity index (χ2v) is 10.0. The molecule has 14 heteroatoms. The molecule has 202 valence electrons. The molecule has 2 aliphatic rings. The molecule has 0 radical (unpaired) electrons. The van der Waals surface area contributed by atoms with Gasteiger partial charge in [0.05, 0.1) is 44.1 Å². The van der Waals surface area contributed by atoms with Gasteiger partial charge < -0.3 is 9.64 Å². The van der Waals surface area contributed by atoms with Crippen molar-refractivity contribution >= 4 is 28.3 Å². The summed E-state index contributed by atoms with van der Waals surface area (Å²) >= 11 is 1.07. The Morgan fingerprint density at radius 1 is 1.18 bits per heavy atom. The molecule has 3 aromatic rings. The number of methoxy groups -OCH3 is 1. The van der Waals surface area contributed by atoms with Gasteiger partial charge in [0, 0.05) is 23.2 Å². The maximum atomic E-state index is 13.5. The minimum atomic E-state index is -2.93. The molecule has 1 aliphatic carbocycles. The molecule has 2 fully saturated rings. The summed E-state index contributed by atoms with van der Waals surface area (Å²) < 4.78 is 58.7. The van der Waals surface area contributed by atoms with Crippen LogP contribution in [0, 0.1) is 17.8 Å². The quantitative estimate of drug-likeness (QED) is 0.344. The number of amides is 2. The number of hydrogen-bond donors (Lipinski definition) is 1. The van der Waals surface area contributed by atoms with Gasteiger partial charge in [-0.2, -0.15) is 0 Å². The van der Waals surface area contributed by atoms with Crippen molar-refractivity contribution in [2.24, 2.45) is 5.92 Å². The van der Waals surface area contributed by atoms with Crippen molar-refractivity contribution in [1.29, 1.82) is 0 Å². The van der Waals surface area contributed by atoms with E-state index in [0.29, 0.717) is 10.9 Å². The molecule has 5 rings (SSSR count). The zero-order valence-electron chi connectivity index (χ0n) is 20.4. The van der Waals surface area contributed by atoms with Gasteiger partial charge in [-0.05, 0) is 30.9 Å². The van der Waals surface area contributed by atoms with E-state index in [1.807, 2.05) is 0 Å². The molecule has 3 aromatic heterocycles. The lowest BCUT2D eigenvalue weighted by molar-refractivity contribution is -0.165. The molecule has 1 N–H and O–H groups in total. The van der Waals surface area contributed by atoms with Gasteiger partial charge in [-0.3, -0.25) is 24.9 Å². The number of likely N-dealkylation sites (tertiary alicyclic amines) is 1. The number of hydrogen-bond acceptors (Lipinski definition) is 8. The lowest BCUT2D eigenvalue weighted by Gasteiger charge is -2.38. The predicted octanol–water partition coefficient (Wildman–Crippen LogP) is 3.98. The van der Waals surface area contributed by atoms with E-state index >= 15 is 0 Å². The first-order valence-electron chi connectivity index (χ1n) is 11.8. The number of ether oxygens (including phenoxy) is 1. The Hall–Kier alpha value is -4.12. The third kappa shape index (κ3) is 6.14. The number of aromatic nitrogens is 4. The molecule has 0 bridgehead atoms. The van der Waals surface area contributed by atoms with Crippen LogP contribution < -0.4 is 10.1 Å². The SMILES string of the molecule is COc1cnc(C(F)F)cc1-c1cc(CC(=O)N2CC(F)(F)C2)ncc1C(=O)Nc1nnc(C#CC2CC2)s1. The molecule has 1 saturated heterocycles. The van der Waals surface area contributed by atoms with E-state index in [9.17, 15) is 27.2 Å². The minimum Gasteiger partial charge on any atom is -0.494 e. The van der Waals surface area contributed by atoms with Gasteiger partial charge in [-0.15, -0.1) is 10.2 Å². The highest BCUT2D eigenvalue weighted by atomic mass is 32.1. The number of rotatable bonds is 7. The average molecular weight is 561 g/mol. The van der Waals surface area contributed by atoms with Crippen LogP contribution in [-0.4, -0.2) is 63.0 Å². The zero-order chi connectivity index (χ0) is 27.7. The number of alkyl halides is 4. The molecule has 9 nitrogen and oxygen atoms in total. The highest BCUT2D eigenvalue weighted by molar-refractivity contribution is 7.15. The van der Waals surface area contributed by atoms with Crippen molar-refractivity contribution in [3.05, 3.63) is 46.5 Å².